The fraction of sp³-hybridized carbons (Fsp3) is 0.533. The second-order valence-electron chi connectivity index (χ2n) is 10.7. The Balaban J connectivity index is 1.67. The van der Waals surface area contributed by atoms with Crippen LogP contribution in [-0.4, -0.2) is 82.0 Å². The molecule has 0 radical (unpaired) electrons. The van der Waals surface area contributed by atoms with Crippen LogP contribution < -0.4 is 9.64 Å². The monoisotopic (exact) mass is 542 g/mol. The smallest absolute Gasteiger partial charge is 0.225 e. The van der Waals surface area contributed by atoms with Gasteiger partial charge in [-0.2, -0.15) is 0 Å². The molecule has 38 heavy (non-hydrogen) atoms. The fourth-order valence-corrected chi connectivity index (χ4v) is 4.87. The first-order chi connectivity index (χ1) is 18.2. The van der Waals surface area contributed by atoms with E-state index in [2.05, 4.69) is 53.1 Å². The Morgan fingerprint density at radius 3 is 2.45 bits per heavy atom. The van der Waals surface area contributed by atoms with Gasteiger partial charge in [0.2, 0.25) is 5.91 Å². The number of piperazine rings is 1. The first-order valence-electron chi connectivity index (χ1n) is 13.5. The van der Waals surface area contributed by atoms with Crippen molar-refractivity contribution < 1.29 is 14.4 Å². The van der Waals surface area contributed by atoms with Gasteiger partial charge >= 0.3 is 0 Å². The van der Waals surface area contributed by atoms with E-state index in [0.717, 1.165) is 54.3 Å². The lowest BCUT2D eigenvalue weighted by molar-refractivity contribution is -0.135. The van der Waals surface area contributed by atoms with Crippen LogP contribution in [0.15, 0.2) is 47.6 Å². The SMILES string of the molecule is COc1cc(Cl)ccc1CC(C)C(=O)N1CCN(c2ccccc2C(CC(C)C)=NOCCN(C)C)CC1. The molecule has 8 heteroatoms. The second kappa shape index (κ2) is 14.4. The number of nitrogens with zero attached hydrogens (tertiary/aromatic N) is 4. The van der Waals surface area contributed by atoms with E-state index >= 15 is 0 Å². The summed E-state index contributed by atoms with van der Waals surface area (Å²) in [5.74, 6) is 1.21. The number of anilines is 1. The van der Waals surface area contributed by atoms with Crippen LogP contribution in [0.3, 0.4) is 0 Å². The van der Waals surface area contributed by atoms with Crippen LogP contribution in [0, 0.1) is 11.8 Å². The van der Waals surface area contributed by atoms with Gasteiger partial charge in [-0.25, -0.2) is 0 Å². The number of carbonyl (C=O) groups excluding carboxylic acids is 1. The number of oxime groups is 1. The largest absolute Gasteiger partial charge is 0.496 e. The topological polar surface area (TPSA) is 57.6 Å². The molecule has 0 aliphatic carbocycles. The van der Waals surface area contributed by atoms with E-state index in [1.807, 2.05) is 38.1 Å². The highest BCUT2D eigenvalue weighted by atomic mass is 35.5. The van der Waals surface area contributed by atoms with E-state index in [4.69, 9.17) is 21.2 Å². The predicted octanol–water partition coefficient (Wildman–Crippen LogP) is 5.20. The van der Waals surface area contributed by atoms with Crippen molar-refractivity contribution in [2.45, 2.75) is 33.6 Å². The third kappa shape index (κ3) is 8.37. The maximum absolute atomic E-state index is 13.3. The molecule has 1 amide bonds. The molecule has 0 bridgehead atoms. The van der Waals surface area contributed by atoms with E-state index in [1.54, 1.807) is 13.2 Å². The molecule has 3 rings (SSSR count). The van der Waals surface area contributed by atoms with E-state index in [9.17, 15) is 4.79 Å². The molecule has 208 valence electrons. The number of benzene rings is 2. The third-order valence-electron chi connectivity index (χ3n) is 6.75. The number of methoxy groups -OCH3 is 1. The first kappa shape index (κ1) is 29.8. The summed E-state index contributed by atoms with van der Waals surface area (Å²) in [7, 11) is 5.68. The van der Waals surface area contributed by atoms with Gasteiger partial charge < -0.3 is 24.3 Å². The third-order valence-corrected chi connectivity index (χ3v) is 6.99. The zero-order valence-corrected chi connectivity index (χ0v) is 24.5. The Morgan fingerprint density at radius 1 is 1.08 bits per heavy atom. The normalized spacial score (nSPS) is 15.2. The Labute approximate surface area is 233 Å². The highest BCUT2D eigenvalue weighted by Crippen LogP contribution is 2.28. The van der Waals surface area contributed by atoms with Gasteiger partial charge in [0.1, 0.15) is 12.4 Å². The van der Waals surface area contributed by atoms with Crippen LogP contribution in [0.1, 0.15) is 38.3 Å². The molecule has 1 saturated heterocycles. The summed E-state index contributed by atoms with van der Waals surface area (Å²) < 4.78 is 5.47. The predicted molar refractivity (Wildman–Crippen MR) is 157 cm³/mol. The Hall–Kier alpha value is -2.77. The minimum atomic E-state index is -0.145. The van der Waals surface area contributed by atoms with Crippen LogP contribution in [0.4, 0.5) is 5.69 Å². The number of hydrogen-bond acceptors (Lipinski definition) is 6. The molecule has 0 aromatic heterocycles. The molecule has 1 heterocycles. The summed E-state index contributed by atoms with van der Waals surface area (Å²) >= 11 is 6.10. The van der Waals surface area contributed by atoms with Gasteiger partial charge in [-0.1, -0.05) is 61.8 Å². The summed E-state index contributed by atoms with van der Waals surface area (Å²) in [6, 6.07) is 14.0. The molecule has 1 unspecified atom stereocenters. The van der Waals surface area contributed by atoms with Crippen molar-refractivity contribution >= 4 is 28.9 Å². The van der Waals surface area contributed by atoms with Gasteiger partial charge in [-0.15, -0.1) is 0 Å². The zero-order valence-electron chi connectivity index (χ0n) is 23.7. The summed E-state index contributed by atoms with van der Waals surface area (Å²) in [5, 5.41) is 5.20. The van der Waals surface area contributed by atoms with Crippen molar-refractivity contribution in [1.29, 1.82) is 0 Å². The van der Waals surface area contributed by atoms with E-state index < -0.39 is 0 Å². The number of ether oxygens (including phenoxy) is 1. The molecule has 7 nitrogen and oxygen atoms in total. The first-order valence-corrected chi connectivity index (χ1v) is 13.9. The molecule has 0 N–H and O–H groups in total. The molecule has 0 spiro atoms. The van der Waals surface area contributed by atoms with Crippen LogP contribution in [0.5, 0.6) is 5.75 Å². The number of halogens is 1. The minimum absolute atomic E-state index is 0.145. The van der Waals surface area contributed by atoms with Crippen molar-refractivity contribution in [3.8, 4) is 5.75 Å². The van der Waals surface area contributed by atoms with Crippen molar-refractivity contribution in [3.05, 3.63) is 58.6 Å². The molecule has 1 aliphatic heterocycles. The summed E-state index contributed by atoms with van der Waals surface area (Å²) in [5.41, 5.74) is 4.22. The van der Waals surface area contributed by atoms with Crippen LogP contribution >= 0.6 is 11.6 Å². The van der Waals surface area contributed by atoms with Gasteiger partial charge in [-0.05, 0) is 56.6 Å². The average Bonchev–Trinajstić information content (AvgIpc) is 2.90. The number of carbonyl (C=O) groups is 1. The lowest BCUT2D eigenvalue weighted by atomic mass is 9.97. The van der Waals surface area contributed by atoms with E-state index in [1.165, 1.54) is 0 Å². The maximum atomic E-state index is 13.3. The number of para-hydroxylation sites is 1. The van der Waals surface area contributed by atoms with Crippen molar-refractivity contribution in [2.75, 3.05) is 65.4 Å². The Bertz CT molecular complexity index is 1080. The minimum Gasteiger partial charge on any atom is -0.496 e. The molecule has 2 aromatic carbocycles. The molecule has 2 aromatic rings. The van der Waals surface area contributed by atoms with Crippen molar-refractivity contribution in [2.24, 2.45) is 17.0 Å². The van der Waals surface area contributed by atoms with Crippen LogP contribution in [0.25, 0.3) is 0 Å². The summed E-state index contributed by atoms with van der Waals surface area (Å²) in [6.07, 6.45) is 1.45. The Kier molecular flexibility index (Phi) is 11.3. The van der Waals surface area contributed by atoms with Gasteiger partial charge in [-0.3, -0.25) is 4.79 Å². The van der Waals surface area contributed by atoms with Gasteiger partial charge in [0, 0.05) is 54.9 Å². The van der Waals surface area contributed by atoms with E-state index in [-0.39, 0.29) is 11.8 Å². The summed E-state index contributed by atoms with van der Waals surface area (Å²) in [4.78, 5) is 25.4. The lowest BCUT2D eigenvalue weighted by Gasteiger charge is -2.38. The molecule has 1 fully saturated rings. The Morgan fingerprint density at radius 2 is 1.79 bits per heavy atom. The lowest BCUT2D eigenvalue weighted by Crippen LogP contribution is -2.50. The van der Waals surface area contributed by atoms with Gasteiger partial charge in [0.05, 0.1) is 12.8 Å². The van der Waals surface area contributed by atoms with Crippen LogP contribution in [-0.2, 0) is 16.1 Å². The van der Waals surface area contributed by atoms with E-state index in [0.29, 0.717) is 37.1 Å². The van der Waals surface area contributed by atoms with Crippen LogP contribution in [0.2, 0.25) is 5.02 Å². The molecule has 0 saturated carbocycles. The highest BCUT2D eigenvalue weighted by molar-refractivity contribution is 6.30. The zero-order chi connectivity index (χ0) is 27.7. The standard InChI is InChI=1S/C30H43ClN4O3/c1-22(2)19-27(32-38-18-17-33(4)5)26-9-7-8-10-28(26)34-13-15-35(16-14-34)30(36)23(3)20-24-11-12-25(31)21-29(24)37-6/h7-12,21-23H,13-20H2,1-6H3. The molecule has 1 aliphatic rings. The van der Waals surface area contributed by atoms with Crippen molar-refractivity contribution in [1.82, 2.24) is 9.80 Å². The molecular weight excluding hydrogens is 500 g/mol. The van der Waals surface area contributed by atoms with Gasteiger partial charge in [0.25, 0.3) is 0 Å². The van der Waals surface area contributed by atoms with Gasteiger partial charge in [0.15, 0.2) is 0 Å². The number of likely N-dealkylation sites (N-methyl/N-ethyl adjacent to an activating group) is 1. The second-order valence-corrected chi connectivity index (χ2v) is 11.1. The number of rotatable bonds is 12. The fourth-order valence-electron chi connectivity index (χ4n) is 4.71. The highest BCUT2D eigenvalue weighted by Gasteiger charge is 2.27. The number of amides is 1. The summed E-state index contributed by atoms with van der Waals surface area (Å²) in [6.45, 7) is 10.7. The molecule has 1 atom stereocenters. The van der Waals surface area contributed by atoms with Crippen molar-refractivity contribution in [3.63, 3.8) is 0 Å². The maximum Gasteiger partial charge on any atom is 0.225 e. The number of hydrogen-bond donors (Lipinski definition) is 0. The average molecular weight is 543 g/mol. The quantitative estimate of drug-likeness (QED) is 0.209. The molecular formula is C30H43ClN4O3.